The molecule has 3 aromatic rings. The van der Waals surface area contributed by atoms with Gasteiger partial charge in [-0.25, -0.2) is 0 Å². The monoisotopic (exact) mass is 269 g/mol. The van der Waals surface area contributed by atoms with Crippen LogP contribution in [0.2, 0.25) is 0 Å². The van der Waals surface area contributed by atoms with Crippen molar-refractivity contribution in [3.8, 4) is 16.9 Å². The molecule has 3 heteroatoms. The molecule has 0 spiro atoms. The fraction of sp³-hybridized carbons (Fsp3) is 0.0625. The second kappa shape index (κ2) is 4.56. The van der Waals surface area contributed by atoms with Gasteiger partial charge in [-0.1, -0.05) is 42.5 Å². The van der Waals surface area contributed by atoms with Gasteiger partial charge in [0.25, 0.3) is 0 Å². The van der Waals surface area contributed by atoms with Crippen molar-refractivity contribution in [3.05, 3.63) is 60.4 Å². The molecule has 0 saturated heterocycles. The number of fused-ring (bicyclic) bond motifs is 5. The molecular weight excluding hydrogens is 258 g/mol. The minimum atomic E-state index is 0. The highest BCUT2D eigenvalue weighted by molar-refractivity contribution is 5.99. The summed E-state index contributed by atoms with van der Waals surface area (Å²) in [6, 6.07) is 16.5. The first-order valence-corrected chi connectivity index (χ1v) is 6.02. The van der Waals surface area contributed by atoms with E-state index in [0.717, 1.165) is 17.0 Å². The van der Waals surface area contributed by atoms with Crippen LogP contribution in [0.25, 0.3) is 21.9 Å². The second-order valence-corrected chi connectivity index (χ2v) is 4.45. The predicted molar refractivity (Wildman–Crippen MR) is 78.8 cm³/mol. The predicted octanol–water partition coefficient (Wildman–Crippen LogP) is 4.22. The number of pyridine rings is 1. The van der Waals surface area contributed by atoms with Crippen LogP contribution in [0.1, 0.15) is 5.69 Å². The highest BCUT2D eigenvalue weighted by Gasteiger charge is 2.19. The molecule has 0 aliphatic carbocycles. The number of hydrogen-bond acceptors (Lipinski definition) is 2. The molecule has 1 aromatic heterocycles. The zero-order valence-corrected chi connectivity index (χ0v) is 11.0. The van der Waals surface area contributed by atoms with Gasteiger partial charge in [-0.3, -0.25) is 4.98 Å². The molecule has 0 bridgehead atoms. The fourth-order valence-electron chi connectivity index (χ4n) is 2.56. The smallest absolute Gasteiger partial charge is 0.131 e. The number of benzene rings is 2. The van der Waals surface area contributed by atoms with E-state index in [0.29, 0.717) is 6.61 Å². The van der Waals surface area contributed by atoms with Crippen molar-refractivity contribution < 1.29 is 4.74 Å². The Morgan fingerprint density at radius 1 is 0.947 bits per heavy atom. The molecule has 0 unspecified atom stereocenters. The number of para-hydroxylation sites is 1. The van der Waals surface area contributed by atoms with Crippen LogP contribution in [0.3, 0.4) is 0 Å². The van der Waals surface area contributed by atoms with E-state index in [1.165, 1.54) is 16.3 Å². The van der Waals surface area contributed by atoms with Gasteiger partial charge in [0.15, 0.2) is 0 Å². The van der Waals surface area contributed by atoms with Crippen molar-refractivity contribution in [1.82, 2.24) is 4.98 Å². The van der Waals surface area contributed by atoms with Crippen LogP contribution < -0.4 is 4.74 Å². The summed E-state index contributed by atoms with van der Waals surface area (Å²) < 4.78 is 5.74. The molecule has 0 radical (unpaired) electrons. The molecule has 0 N–H and O–H groups in total. The van der Waals surface area contributed by atoms with E-state index in [4.69, 9.17) is 4.74 Å². The average Bonchev–Trinajstić information content (AvgIpc) is 2.46. The Kier molecular flexibility index (Phi) is 2.88. The van der Waals surface area contributed by atoms with Gasteiger partial charge < -0.3 is 4.74 Å². The van der Waals surface area contributed by atoms with Crippen LogP contribution in [-0.4, -0.2) is 4.98 Å². The third kappa shape index (κ3) is 1.76. The standard InChI is InChI=1S/C16H11NO.ClH/c1-2-6-12-11(5-1)9-17-14-10-18-15-8-4-3-7-13(15)16(12)14;/h1-9H,10H2;1H. The number of rotatable bonds is 0. The summed E-state index contributed by atoms with van der Waals surface area (Å²) in [6.45, 7) is 0.553. The van der Waals surface area contributed by atoms with E-state index in [2.05, 4.69) is 29.2 Å². The van der Waals surface area contributed by atoms with Crippen LogP contribution in [0.15, 0.2) is 54.7 Å². The minimum Gasteiger partial charge on any atom is -0.487 e. The summed E-state index contributed by atoms with van der Waals surface area (Å²) >= 11 is 0. The molecule has 0 saturated carbocycles. The van der Waals surface area contributed by atoms with Crippen molar-refractivity contribution in [2.75, 3.05) is 0 Å². The first kappa shape index (κ1) is 12.0. The molecule has 19 heavy (non-hydrogen) atoms. The lowest BCUT2D eigenvalue weighted by molar-refractivity contribution is 0.297. The fourth-order valence-corrected chi connectivity index (χ4v) is 2.56. The van der Waals surface area contributed by atoms with E-state index >= 15 is 0 Å². The quantitative estimate of drug-likeness (QED) is 0.610. The Labute approximate surface area is 117 Å². The van der Waals surface area contributed by atoms with Gasteiger partial charge in [-0.2, -0.15) is 0 Å². The lowest BCUT2D eigenvalue weighted by atomic mass is 9.95. The Bertz CT molecular complexity index is 755. The SMILES string of the molecule is Cl.c1ccc2c(c1)OCc1ncc3ccccc3c1-2. The molecular formula is C16H12ClNO. The summed E-state index contributed by atoms with van der Waals surface area (Å²) in [5.74, 6) is 0.947. The maximum atomic E-state index is 5.74. The number of halogens is 1. The zero-order chi connectivity index (χ0) is 11.9. The van der Waals surface area contributed by atoms with Crippen molar-refractivity contribution in [2.24, 2.45) is 0 Å². The Morgan fingerprint density at radius 3 is 2.68 bits per heavy atom. The van der Waals surface area contributed by atoms with E-state index in [1.807, 2.05) is 30.5 Å². The van der Waals surface area contributed by atoms with Gasteiger partial charge in [-0.15, -0.1) is 12.4 Å². The summed E-state index contributed by atoms with van der Waals surface area (Å²) in [5, 5.41) is 2.42. The van der Waals surface area contributed by atoms with Gasteiger partial charge >= 0.3 is 0 Å². The molecule has 2 aromatic carbocycles. The number of nitrogens with zero attached hydrogens (tertiary/aromatic N) is 1. The number of hydrogen-bond donors (Lipinski definition) is 0. The van der Waals surface area contributed by atoms with Crippen molar-refractivity contribution in [2.45, 2.75) is 6.61 Å². The van der Waals surface area contributed by atoms with Gasteiger partial charge in [0.2, 0.25) is 0 Å². The highest BCUT2D eigenvalue weighted by Crippen LogP contribution is 2.40. The third-order valence-corrected chi connectivity index (χ3v) is 3.40. The molecule has 1 aliphatic rings. The lowest BCUT2D eigenvalue weighted by Gasteiger charge is -2.21. The maximum absolute atomic E-state index is 5.74. The molecule has 0 atom stereocenters. The van der Waals surface area contributed by atoms with Gasteiger partial charge in [0.1, 0.15) is 12.4 Å². The average molecular weight is 270 g/mol. The van der Waals surface area contributed by atoms with Crippen molar-refractivity contribution in [3.63, 3.8) is 0 Å². The number of ether oxygens (including phenoxy) is 1. The molecule has 94 valence electrons. The summed E-state index contributed by atoms with van der Waals surface area (Å²) in [6.07, 6.45) is 1.92. The van der Waals surface area contributed by atoms with E-state index < -0.39 is 0 Å². The normalized spacial score (nSPS) is 12.0. The molecule has 1 aliphatic heterocycles. The zero-order valence-electron chi connectivity index (χ0n) is 10.2. The molecule has 0 amide bonds. The second-order valence-electron chi connectivity index (χ2n) is 4.45. The van der Waals surface area contributed by atoms with Crippen LogP contribution in [0, 0.1) is 0 Å². The highest BCUT2D eigenvalue weighted by atomic mass is 35.5. The third-order valence-electron chi connectivity index (χ3n) is 3.40. The van der Waals surface area contributed by atoms with Gasteiger partial charge in [0, 0.05) is 22.7 Å². The Morgan fingerprint density at radius 2 is 1.74 bits per heavy atom. The van der Waals surface area contributed by atoms with Gasteiger partial charge in [0.05, 0.1) is 5.69 Å². The number of aromatic nitrogens is 1. The largest absolute Gasteiger partial charge is 0.487 e. The molecule has 2 nitrogen and oxygen atoms in total. The van der Waals surface area contributed by atoms with Crippen LogP contribution in [0.5, 0.6) is 5.75 Å². The van der Waals surface area contributed by atoms with Crippen molar-refractivity contribution in [1.29, 1.82) is 0 Å². The Hall–Kier alpha value is -2.06. The summed E-state index contributed by atoms with van der Waals surface area (Å²) in [5.41, 5.74) is 3.38. The van der Waals surface area contributed by atoms with Crippen molar-refractivity contribution >= 4 is 23.2 Å². The Balaban J connectivity index is 0.00000110. The molecule has 2 heterocycles. The van der Waals surface area contributed by atoms with Crippen LogP contribution in [-0.2, 0) is 6.61 Å². The van der Waals surface area contributed by atoms with Gasteiger partial charge in [-0.05, 0) is 11.5 Å². The maximum Gasteiger partial charge on any atom is 0.131 e. The summed E-state index contributed by atoms with van der Waals surface area (Å²) in [7, 11) is 0. The lowest BCUT2D eigenvalue weighted by Crippen LogP contribution is -2.07. The minimum absolute atomic E-state index is 0. The van der Waals surface area contributed by atoms with E-state index in [9.17, 15) is 0 Å². The summed E-state index contributed by atoms with van der Waals surface area (Å²) in [4.78, 5) is 4.52. The first-order valence-electron chi connectivity index (χ1n) is 6.02. The first-order chi connectivity index (χ1) is 8.93. The molecule has 4 rings (SSSR count). The van der Waals surface area contributed by atoms with Crippen LogP contribution >= 0.6 is 12.4 Å². The topological polar surface area (TPSA) is 22.1 Å². The molecule has 0 fully saturated rings. The van der Waals surface area contributed by atoms with Crippen LogP contribution in [0.4, 0.5) is 0 Å². The van der Waals surface area contributed by atoms with E-state index in [1.54, 1.807) is 0 Å². The van der Waals surface area contributed by atoms with E-state index in [-0.39, 0.29) is 12.4 Å².